The van der Waals surface area contributed by atoms with Crippen LogP contribution in [0.5, 0.6) is 0 Å². The topological polar surface area (TPSA) is 59.0 Å². The van der Waals surface area contributed by atoms with E-state index in [2.05, 4.69) is 15.7 Å². The molecule has 0 saturated carbocycles. The number of aromatic nitrogens is 2. The number of carbonyl (C=O) groups is 1. The van der Waals surface area contributed by atoms with Gasteiger partial charge in [0.15, 0.2) is 0 Å². The maximum atomic E-state index is 12.1. The number of fused-ring (bicyclic) bond motifs is 1. The smallest absolute Gasteiger partial charge is 0.232 e. The SMILES string of the molecule is Cn1nc2c(c1NC(=O)C(C)(C)CCl)CNCC2. The Bertz CT molecular complexity index is 467. The Morgan fingerprint density at radius 3 is 3.00 bits per heavy atom. The van der Waals surface area contributed by atoms with Crippen LogP contribution < -0.4 is 10.6 Å². The minimum atomic E-state index is -0.583. The third kappa shape index (κ3) is 2.37. The van der Waals surface area contributed by atoms with Crippen LogP contribution in [0.2, 0.25) is 0 Å². The van der Waals surface area contributed by atoms with Crippen molar-refractivity contribution in [2.45, 2.75) is 26.8 Å². The van der Waals surface area contributed by atoms with Gasteiger partial charge in [0.25, 0.3) is 0 Å². The molecule has 1 amide bonds. The molecule has 1 aromatic heterocycles. The fraction of sp³-hybridized carbons (Fsp3) is 0.667. The number of carbonyl (C=O) groups excluding carboxylic acids is 1. The van der Waals surface area contributed by atoms with Crippen molar-refractivity contribution in [3.8, 4) is 0 Å². The van der Waals surface area contributed by atoms with Crippen molar-refractivity contribution in [2.75, 3.05) is 17.7 Å². The summed E-state index contributed by atoms with van der Waals surface area (Å²) in [7, 11) is 1.85. The molecular formula is C12H19ClN4O. The minimum absolute atomic E-state index is 0.0751. The Morgan fingerprint density at radius 1 is 1.61 bits per heavy atom. The quantitative estimate of drug-likeness (QED) is 0.814. The second kappa shape index (κ2) is 4.90. The summed E-state index contributed by atoms with van der Waals surface area (Å²) in [5.74, 6) is 0.992. The van der Waals surface area contributed by atoms with E-state index in [1.165, 1.54) is 0 Å². The van der Waals surface area contributed by atoms with E-state index >= 15 is 0 Å². The number of aryl methyl sites for hydroxylation is 1. The van der Waals surface area contributed by atoms with Gasteiger partial charge in [0.2, 0.25) is 5.91 Å². The molecule has 100 valence electrons. The van der Waals surface area contributed by atoms with E-state index in [4.69, 9.17) is 11.6 Å². The predicted molar refractivity (Wildman–Crippen MR) is 71.7 cm³/mol. The number of anilines is 1. The fourth-order valence-electron chi connectivity index (χ4n) is 1.92. The number of nitrogens with zero attached hydrogens (tertiary/aromatic N) is 2. The molecule has 6 heteroatoms. The number of hydrogen-bond acceptors (Lipinski definition) is 3. The average molecular weight is 271 g/mol. The molecule has 0 atom stereocenters. The van der Waals surface area contributed by atoms with Gasteiger partial charge in [-0.25, -0.2) is 0 Å². The number of nitrogens with one attached hydrogen (secondary N) is 2. The molecule has 2 rings (SSSR count). The monoisotopic (exact) mass is 270 g/mol. The lowest BCUT2D eigenvalue weighted by Crippen LogP contribution is -2.33. The average Bonchev–Trinajstić information content (AvgIpc) is 2.66. The van der Waals surface area contributed by atoms with Gasteiger partial charge in [-0.3, -0.25) is 9.48 Å². The van der Waals surface area contributed by atoms with Gasteiger partial charge in [0, 0.05) is 38.0 Å². The van der Waals surface area contributed by atoms with E-state index in [-0.39, 0.29) is 11.8 Å². The molecule has 0 saturated heterocycles. The number of rotatable bonds is 3. The van der Waals surface area contributed by atoms with Crippen LogP contribution in [-0.4, -0.2) is 28.1 Å². The second-order valence-electron chi connectivity index (χ2n) is 5.30. The van der Waals surface area contributed by atoms with Crippen molar-refractivity contribution in [1.29, 1.82) is 0 Å². The lowest BCUT2D eigenvalue weighted by molar-refractivity contribution is -0.123. The van der Waals surface area contributed by atoms with E-state index in [1.807, 2.05) is 20.9 Å². The Morgan fingerprint density at radius 2 is 2.33 bits per heavy atom. The summed E-state index contributed by atoms with van der Waals surface area (Å²) in [6.07, 6.45) is 0.901. The van der Waals surface area contributed by atoms with Crippen molar-refractivity contribution >= 4 is 23.3 Å². The number of halogens is 1. The van der Waals surface area contributed by atoms with E-state index in [1.54, 1.807) is 4.68 Å². The normalized spacial score (nSPS) is 15.3. The van der Waals surface area contributed by atoms with Crippen LogP contribution >= 0.6 is 11.6 Å². The van der Waals surface area contributed by atoms with Gasteiger partial charge in [-0.05, 0) is 13.8 Å². The van der Waals surface area contributed by atoms with Crippen molar-refractivity contribution in [1.82, 2.24) is 15.1 Å². The first-order valence-electron chi connectivity index (χ1n) is 6.08. The molecule has 0 aromatic carbocycles. The molecule has 2 N–H and O–H groups in total. The van der Waals surface area contributed by atoms with E-state index < -0.39 is 5.41 Å². The lowest BCUT2D eigenvalue weighted by atomic mass is 9.95. The Labute approximate surface area is 112 Å². The Hall–Kier alpha value is -1.07. The zero-order chi connectivity index (χ0) is 13.3. The maximum absolute atomic E-state index is 12.1. The molecule has 0 fully saturated rings. The molecule has 1 aliphatic heterocycles. The molecule has 1 aromatic rings. The summed E-state index contributed by atoms with van der Waals surface area (Å²) < 4.78 is 1.74. The van der Waals surface area contributed by atoms with Gasteiger partial charge in [0.1, 0.15) is 5.82 Å². The zero-order valence-electron chi connectivity index (χ0n) is 11.0. The van der Waals surface area contributed by atoms with Crippen LogP contribution in [0.3, 0.4) is 0 Å². The highest BCUT2D eigenvalue weighted by molar-refractivity contribution is 6.20. The molecular weight excluding hydrogens is 252 g/mol. The van der Waals surface area contributed by atoms with Gasteiger partial charge >= 0.3 is 0 Å². The van der Waals surface area contributed by atoms with Crippen molar-refractivity contribution in [2.24, 2.45) is 12.5 Å². The molecule has 0 spiro atoms. The number of hydrogen-bond donors (Lipinski definition) is 2. The Balaban J connectivity index is 2.24. The third-order valence-corrected chi connectivity index (χ3v) is 3.92. The first-order valence-corrected chi connectivity index (χ1v) is 6.62. The fourth-order valence-corrected chi connectivity index (χ4v) is 2.05. The summed E-state index contributed by atoms with van der Waals surface area (Å²) in [6.45, 7) is 5.34. The minimum Gasteiger partial charge on any atom is -0.312 e. The molecule has 1 aliphatic rings. The van der Waals surface area contributed by atoms with Gasteiger partial charge < -0.3 is 10.6 Å². The summed E-state index contributed by atoms with van der Waals surface area (Å²) in [6, 6.07) is 0. The largest absolute Gasteiger partial charge is 0.312 e. The summed E-state index contributed by atoms with van der Waals surface area (Å²) in [4.78, 5) is 12.1. The molecule has 0 aliphatic carbocycles. The number of amides is 1. The van der Waals surface area contributed by atoms with E-state index in [0.717, 1.165) is 36.6 Å². The van der Waals surface area contributed by atoms with E-state index in [9.17, 15) is 4.79 Å². The predicted octanol–water partition coefficient (Wildman–Crippen LogP) is 1.27. The highest BCUT2D eigenvalue weighted by Crippen LogP contribution is 2.25. The van der Waals surface area contributed by atoms with Gasteiger partial charge in [-0.15, -0.1) is 11.6 Å². The van der Waals surface area contributed by atoms with Crippen LogP contribution in [0.15, 0.2) is 0 Å². The van der Waals surface area contributed by atoms with Gasteiger partial charge in [-0.1, -0.05) is 0 Å². The van der Waals surface area contributed by atoms with Crippen LogP contribution in [0.1, 0.15) is 25.1 Å². The lowest BCUT2D eigenvalue weighted by Gasteiger charge is -2.21. The van der Waals surface area contributed by atoms with E-state index in [0.29, 0.717) is 0 Å². The summed E-state index contributed by atoms with van der Waals surface area (Å²) >= 11 is 5.82. The summed E-state index contributed by atoms with van der Waals surface area (Å²) in [5, 5.41) is 10.7. The third-order valence-electron chi connectivity index (χ3n) is 3.25. The second-order valence-corrected chi connectivity index (χ2v) is 5.56. The highest BCUT2D eigenvalue weighted by Gasteiger charge is 2.29. The molecule has 18 heavy (non-hydrogen) atoms. The van der Waals surface area contributed by atoms with Crippen LogP contribution in [0.4, 0.5) is 5.82 Å². The number of alkyl halides is 1. The summed E-state index contributed by atoms with van der Waals surface area (Å²) in [5.41, 5.74) is 1.57. The standard InChI is InChI=1S/C12H19ClN4O/c1-12(2,7-13)11(18)15-10-8-6-14-5-4-9(8)16-17(10)3/h14H,4-7H2,1-3H3,(H,15,18). The molecule has 0 unspecified atom stereocenters. The molecule has 5 nitrogen and oxygen atoms in total. The molecule has 2 heterocycles. The van der Waals surface area contributed by atoms with Crippen molar-refractivity contribution in [3.63, 3.8) is 0 Å². The Kier molecular flexibility index (Phi) is 3.64. The van der Waals surface area contributed by atoms with Gasteiger partial charge in [-0.2, -0.15) is 5.10 Å². The van der Waals surface area contributed by atoms with Crippen LogP contribution in [-0.2, 0) is 24.8 Å². The van der Waals surface area contributed by atoms with Crippen LogP contribution in [0.25, 0.3) is 0 Å². The van der Waals surface area contributed by atoms with Crippen LogP contribution in [0, 0.1) is 5.41 Å². The molecule has 0 bridgehead atoms. The first-order chi connectivity index (χ1) is 8.45. The van der Waals surface area contributed by atoms with Crippen molar-refractivity contribution < 1.29 is 4.79 Å². The maximum Gasteiger partial charge on any atom is 0.232 e. The highest BCUT2D eigenvalue weighted by atomic mass is 35.5. The first kappa shape index (κ1) is 13.4. The zero-order valence-corrected chi connectivity index (χ0v) is 11.8. The van der Waals surface area contributed by atoms with Gasteiger partial charge in [0.05, 0.1) is 11.1 Å². The molecule has 0 radical (unpaired) electrons. The van der Waals surface area contributed by atoms with Crippen molar-refractivity contribution in [3.05, 3.63) is 11.3 Å².